The molecule has 11 nitrogen and oxygen atoms in total. The number of nitro benzene ring substituents is 1. The van der Waals surface area contributed by atoms with Crippen molar-refractivity contribution in [2.75, 3.05) is 38.6 Å². The van der Waals surface area contributed by atoms with E-state index in [1.165, 1.54) is 19.2 Å². The number of anilines is 1. The van der Waals surface area contributed by atoms with Crippen LogP contribution in [0, 0.1) is 10.1 Å². The van der Waals surface area contributed by atoms with Crippen LogP contribution in [0.4, 0.5) is 16.2 Å². The van der Waals surface area contributed by atoms with Gasteiger partial charge in [-0.1, -0.05) is 35.5 Å². The van der Waals surface area contributed by atoms with Crippen LogP contribution >= 0.6 is 0 Å². The van der Waals surface area contributed by atoms with Gasteiger partial charge in [-0.2, -0.15) is 4.98 Å². The van der Waals surface area contributed by atoms with Crippen molar-refractivity contribution in [2.45, 2.75) is 6.54 Å². The highest BCUT2D eigenvalue weighted by molar-refractivity contribution is 5.92. The van der Waals surface area contributed by atoms with E-state index in [4.69, 9.17) is 9.26 Å². The molecule has 3 aromatic rings. The molecule has 2 amide bonds. The number of nitrogens with zero attached hydrogens (tertiary/aromatic N) is 5. The van der Waals surface area contributed by atoms with Crippen LogP contribution in [0.1, 0.15) is 5.89 Å². The van der Waals surface area contributed by atoms with E-state index in [1.54, 1.807) is 11.0 Å². The Morgan fingerprint density at radius 2 is 1.94 bits per heavy atom. The summed E-state index contributed by atoms with van der Waals surface area (Å²) < 4.78 is 10.4. The van der Waals surface area contributed by atoms with Gasteiger partial charge in [0.15, 0.2) is 0 Å². The number of hydrogen-bond donors (Lipinski definition) is 1. The summed E-state index contributed by atoms with van der Waals surface area (Å²) in [7, 11) is 1.42. The predicted octanol–water partition coefficient (Wildman–Crippen LogP) is 3.00. The summed E-state index contributed by atoms with van der Waals surface area (Å²) in [6.45, 7) is 2.65. The second kappa shape index (κ2) is 9.43. The number of ether oxygens (including phenoxy) is 1. The molecular formula is C21H22N6O5. The average Bonchev–Trinajstić information content (AvgIpc) is 3.28. The van der Waals surface area contributed by atoms with Gasteiger partial charge in [-0.3, -0.25) is 15.0 Å². The molecule has 32 heavy (non-hydrogen) atoms. The quantitative estimate of drug-likeness (QED) is 0.460. The van der Waals surface area contributed by atoms with Crippen LogP contribution in [0.3, 0.4) is 0 Å². The Bertz CT molecular complexity index is 1100. The SMILES string of the molecule is COc1ccc(NC(=O)N2CCN(Cc3nc(-c4ccccc4)no3)CC2)c([N+](=O)[O-])c1. The molecule has 2 aromatic carbocycles. The summed E-state index contributed by atoms with van der Waals surface area (Å²) in [5, 5.41) is 18.0. The molecule has 1 fully saturated rings. The lowest BCUT2D eigenvalue weighted by atomic mass is 10.2. The number of carbonyl (C=O) groups is 1. The maximum Gasteiger partial charge on any atom is 0.322 e. The molecule has 1 saturated heterocycles. The van der Waals surface area contributed by atoms with Gasteiger partial charge in [0.1, 0.15) is 11.4 Å². The van der Waals surface area contributed by atoms with Crippen LogP contribution in [0.15, 0.2) is 53.1 Å². The third-order valence-corrected chi connectivity index (χ3v) is 5.16. The fraction of sp³-hybridized carbons (Fsp3) is 0.286. The summed E-state index contributed by atoms with van der Waals surface area (Å²) in [4.78, 5) is 31.6. The van der Waals surface area contributed by atoms with E-state index in [2.05, 4.69) is 20.4 Å². The van der Waals surface area contributed by atoms with E-state index in [9.17, 15) is 14.9 Å². The van der Waals surface area contributed by atoms with E-state index in [0.717, 1.165) is 5.56 Å². The summed E-state index contributed by atoms with van der Waals surface area (Å²) in [5.41, 5.74) is 0.793. The first-order chi connectivity index (χ1) is 15.5. The summed E-state index contributed by atoms with van der Waals surface area (Å²) in [5.74, 6) is 1.40. The summed E-state index contributed by atoms with van der Waals surface area (Å²) in [6, 6.07) is 13.5. The topological polar surface area (TPSA) is 127 Å². The van der Waals surface area contributed by atoms with Crippen molar-refractivity contribution in [3.05, 3.63) is 64.5 Å². The summed E-state index contributed by atoms with van der Waals surface area (Å²) >= 11 is 0. The van der Waals surface area contributed by atoms with Gasteiger partial charge >= 0.3 is 6.03 Å². The highest BCUT2D eigenvalue weighted by Gasteiger charge is 2.25. The molecule has 4 rings (SSSR count). The number of piperazine rings is 1. The fourth-order valence-electron chi connectivity index (χ4n) is 3.41. The van der Waals surface area contributed by atoms with Crippen LogP contribution in [-0.4, -0.2) is 64.2 Å². The standard InChI is InChI=1S/C21H22N6O5/c1-31-16-7-8-17(18(13-16)27(29)30)22-21(28)26-11-9-25(10-12-26)14-19-23-20(24-32-19)15-5-3-2-4-6-15/h2-8,13H,9-12,14H2,1H3,(H,22,28). The first-order valence-electron chi connectivity index (χ1n) is 10.0. The normalized spacial score (nSPS) is 14.2. The Labute approximate surface area is 183 Å². The molecular weight excluding hydrogens is 416 g/mol. The number of rotatable bonds is 6. The molecule has 0 radical (unpaired) electrons. The van der Waals surface area contributed by atoms with Crippen molar-refractivity contribution in [1.29, 1.82) is 0 Å². The minimum Gasteiger partial charge on any atom is -0.496 e. The zero-order valence-electron chi connectivity index (χ0n) is 17.4. The minimum atomic E-state index is -0.551. The maximum atomic E-state index is 12.6. The summed E-state index contributed by atoms with van der Waals surface area (Å²) in [6.07, 6.45) is 0. The number of amides is 2. The Balaban J connectivity index is 1.32. The van der Waals surface area contributed by atoms with Crippen molar-refractivity contribution in [1.82, 2.24) is 19.9 Å². The van der Waals surface area contributed by atoms with Gasteiger partial charge in [-0.05, 0) is 12.1 Å². The molecule has 1 aliphatic rings. The second-order valence-corrected chi connectivity index (χ2v) is 7.21. The Morgan fingerprint density at radius 1 is 1.19 bits per heavy atom. The molecule has 0 atom stereocenters. The van der Waals surface area contributed by atoms with Crippen LogP contribution < -0.4 is 10.1 Å². The van der Waals surface area contributed by atoms with E-state index in [-0.39, 0.29) is 17.4 Å². The van der Waals surface area contributed by atoms with Gasteiger partial charge in [-0.25, -0.2) is 4.79 Å². The van der Waals surface area contributed by atoms with E-state index in [0.29, 0.717) is 50.2 Å². The number of aromatic nitrogens is 2. The van der Waals surface area contributed by atoms with Crippen LogP contribution in [0.5, 0.6) is 5.75 Å². The van der Waals surface area contributed by atoms with Crippen molar-refractivity contribution >= 4 is 17.4 Å². The number of benzene rings is 2. The molecule has 0 saturated carbocycles. The number of nitro groups is 1. The molecule has 0 aliphatic carbocycles. The molecule has 0 bridgehead atoms. The fourth-order valence-corrected chi connectivity index (χ4v) is 3.41. The Morgan fingerprint density at radius 3 is 2.62 bits per heavy atom. The second-order valence-electron chi connectivity index (χ2n) is 7.21. The van der Waals surface area contributed by atoms with Crippen molar-refractivity contribution in [2.24, 2.45) is 0 Å². The van der Waals surface area contributed by atoms with Crippen LogP contribution in [-0.2, 0) is 6.54 Å². The minimum absolute atomic E-state index is 0.127. The van der Waals surface area contributed by atoms with E-state index in [1.807, 2.05) is 30.3 Å². The number of methoxy groups -OCH3 is 1. The number of carbonyl (C=O) groups excluding carboxylic acids is 1. The zero-order chi connectivity index (χ0) is 22.5. The molecule has 2 heterocycles. The number of nitrogens with one attached hydrogen (secondary N) is 1. The maximum absolute atomic E-state index is 12.6. The lowest BCUT2D eigenvalue weighted by Crippen LogP contribution is -2.49. The highest BCUT2D eigenvalue weighted by Crippen LogP contribution is 2.29. The predicted molar refractivity (Wildman–Crippen MR) is 115 cm³/mol. The van der Waals surface area contributed by atoms with Gasteiger partial charge in [0.25, 0.3) is 5.69 Å². The van der Waals surface area contributed by atoms with Crippen molar-refractivity contribution in [3.63, 3.8) is 0 Å². The zero-order valence-corrected chi connectivity index (χ0v) is 17.4. The lowest BCUT2D eigenvalue weighted by molar-refractivity contribution is -0.384. The van der Waals surface area contributed by atoms with Crippen LogP contribution in [0.2, 0.25) is 0 Å². The Hall–Kier alpha value is -3.99. The highest BCUT2D eigenvalue weighted by atomic mass is 16.6. The van der Waals surface area contributed by atoms with Crippen molar-refractivity contribution in [3.8, 4) is 17.1 Å². The molecule has 1 aliphatic heterocycles. The van der Waals surface area contributed by atoms with Crippen LogP contribution in [0.25, 0.3) is 11.4 Å². The van der Waals surface area contributed by atoms with Gasteiger partial charge in [-0.15, -0.1) is 0 Å². The van der Waals surface area contributed by atoms with E-state index < -0.39 is 4.92 Å². The van der Waals surface area contributed by atoms with Gasteiger partial charge < -0.3 is 19.5 Å². The number of urea groups is 1. The lowest BCUT2D eigenvalue weighted by Gasteiger charge is -2.33. The molecule has 166 valence electrons. The third kappa shape index (κ3) is 4.83. The largest absolute Gasteiger partial charge is 0.496 e. The molecule has 0 spiro atoms. The molecule has 1 N–H and O–H groups in total. The third-order valence-electron chi connectivity index (χ3n) is 5.16. The smallest absolute Gasteiger partial charge is 0.322 e. The van der Waals surface area contributed by atoms with Crippen molar-refractivity contribution < 1.29 is 19.0 Å². The van der Waals surface area contributed by atoms with Gasteiger partial charge in [0.2, 0.25) is 11.7 Å². The monoisotopic (exact) mass is 438 g/mol. The molecule has 1 aromatic heterocycles. The van der Waals surface area contributed by atoms with Gasteiger partial charge in [0, 0.05) is 31.7 Å². The Kier molecular flexibility index (Phi) is 6.26. The number of hydrogen-bond acceptors (Lipinski definition) is 8. The van der Waals surface area contributed by atoms with Gasteiger partial charge in [0.05, 0.1) is 24.6 Å². The van der Waals surface area contributed by atoms with E-state index >= 15 is 0 Å². The first-order valence-corrected chi connectivity index (χ1v) is 10.0. The molecule has 0 unspecified atom stereocenters. The molecule has 11 heteroatoms. The average molecular weight is 438 g/mol. The first kappa shape index (κ1) is 21.2.